The fourth-order valence-electron chi connectivity index (χ4n) is 3.53. The van der Waals surface area contributed by atoms with Gasteiger partial charge in [-0.25, -0.2) is 0 Å². The van der Waals surface area contributed by atoms with Crippen LogP contribution < -0.4 is 20.5 Å². The molecule has 0 spiro atoms. The lowest BCUT2D eigenvalue weighted by Gasteiger charge is -2.20. The molecule has 30 heavy (non-hydrogen) atoms. The lowest BCUT2D eigenvalue weighted by Crippen LogP contribution is -2.38. The van der Waals surface area contributed by atoms with E-state index in [1.807, 2.05) is 6.07 Å². The minimum absolute atomic E-state index is 0.641. The molecule has 0 bridgehead atoms. The topological polar surface area (TPSA) is 9.23 Å². The maximum atomic E-state index is 6.29. The molecule has 4 aromatic carbocycles. The first-order chi connectivity index (χ1) is 14.5. The van der Waals surface area contributed by atoms with Crippen molar-refractivity contribution in [1.82, 2.24) is 0 Å². The van der Waals surface area contributed by atoms with Crippen LogP contribution in [-0.4, -0.2) is 8.07 Å². The molecule has 0 saturated carbocycles. The summed E-state index contributed by atoms with van der Waals surface area (Å²) in [5, 5.41) is 4.07. The normalized spacial score (nSPS) is 11.7. The summed E-state index contributed by atoms with van der Waals surface area (Å²) < 4.78 is 6.29. The predicted molar refractivity (Wildman–Crippen MR) is 135 cm³/mol. The second-order valence-electron chi connectivity index (χ2n) is 8.41. The molecular weight excluding hydrogens is 399 g/mol. The number of hydrogen-bond donors (Lipinski definition) is 0. The number of hydrogen-bond acceptors (Lipinski definition) is 1. The van der Waals surface area contributed by atoms with Crippen LogP contribution in [0.5, 0.6) is 11.5 Å². The molecule has 0 heterocycles. The van der Waals surface area contributed by atoms with Gasteiger partial charge in [0, 0.05) is 0 Å². The Morgan fingerprint density at radius 2 is 1.27 bits per heavy atom. The SMILES string of the molecule is C[Si](C)(C)c1ccccc1Oc1ccc(-c2ccccc2Pc2ccccc2)cc1. The second-order valence-corrected chi connectivity index (χ2v) is 14.8. The van der Waals surface area contributed by atoms with Crippen LogP contribution in [0.2, 0.25) is 19.6 Å². The summed E-state index contributed by atoms with van der Waals surface area (Å²) in [6.45, 7) is 7.05. The zero-order chi connectivity index (χ0) is 21.0. The highest BCUT2D eigenvalue weighted by Crippen LogP contribution is 2.28. The fourth-order valence-corrected chi connectivity index (χ4v) is 6.21. The minimum Gasteiger partial charge on any atom is -0.458 e. The summed E-state index contributed by atoms with van der Waals surface area (Å²) in [6.07, 6.45) is 0. The fraction of sp³-hybridized carbons (Fsp3) is 0.111. The van der Waals surface area contributed by atoms with Crippen LogP contribution in [0.25, 0.3) is 11.1 Å². The van der Waals surface area contributed by atoms with Crippen molar-refractivity contribution in [3.05, 3.63) is 103 Å². The highest BCUT2D eigenvalue weighted by Gasteiger charge is 2.21. The van der Waals surface area contributed by atoms with Crippen molar-refractivity contribution in [2.75, 3.05) is 0 Å². The number of ether oxygens (including phenoxy) is 1. The van der Waals surface area contributed by atoms with Crippen LogP contribution in [0.1, 0.15) is 0 Å². The predicted octanol–water partition coefficient (Wildman–Crippen LogP) is 6.32. The maximum absolute atomic E-state index is 6.29. The third-order valence-corrected chi connectivity index (χ3v) is 8.42. The molecule has 0 amide bonds. The van der Waals surface area contributed by atoms with E-state index >= 15 is 0 Å². The van der Waals surface area contributed by atoms with Crippen molar-refractivity contribution >= 4 is 32.5 Å². The molecule has 4 aromatic rings. The van der Waals surface area contributed by atoms with Crippen molar-refractivity contribution in [1.29, 1.82) is 0 Å². The highest BCUT2D eigenvalue weighted by atomic mass is 31.1. The average molecular weight is 427 g/mol. The van der Waals surface area contributed by atoms with Gasteiger partial charge in [-0.2, -0.15) is 0 Å². The summed E-state index contributed by atoms with van der Waals surface area (Å²) in [4.78, 5) is 0. The molecule has 1 atom stereocenters. The molecular formula is C27H27OPSi. The summed E-state index contributed by atoms with van der Waals surface area (Å²) in [5.41, 5.74) is 2.51. The van der Waals surface area contributed by atoms with Gasteiger partial charge >= 0.3 is 0 Å². The Morgan fingerprint density at radius 3 is 2.00 bits per heavy atom. The van der Waals surface area contributed by atoms with Crippen LogP contribution in [0.15, 0.2) is 103 Å². The van der Waals surface area contributed by atoms with Crippen molar-refractivity contribution in [2.45, 2.75) is 19.6 Å². The Morgan fingerprint density at radius 1 is 0.633 bits per heavy atom. The lowest BCUT2D eigenvalue weighted by atomic mass is 10.1. The van der Waals surface area contributed by atoms with Crippen molar-refractivity contribution in [3.8, 4) is 22.6 Å². The van der Waals surface area contributed by atoms with E-state index in [4.69, 9.17) is 4.74 Å². The first kappa shape index (κ1) is 20.6. The largest absolute Gasteiger partial charge is 0.458 e. The molecule has 0 N–H and O–H groups in total. The smallest absolute Gasteiger partial charge is 0.127 e. The molecule has 0 aliphatic heterocycles. The summed E-state index contributed by atoms with van der Waals surface area (Å²) in [6, 6.07) is 36.3. The van der Waals surface area contributed by atoms with Crippen LogP contribution in [-0.2, 0) is 0 Å². The van der Waals surface area contributed by atoms with E-state index in [1.54, 1.807) is 0 Å². The molecule has 0 aromatic heterocycles. The average Bonchev–Trinajstić information content (AvgIpc) is 2.75. The van der Waals surface area contributed by atoms with Crippen molar-refractivity contribution < 1.29 is 4.74 Å². The Bertz CT molecular complexity index is 1120. The standard InChI is InChI=1S/C27H27OPSi/c1-30(2,3)27-16-10-8-14-25(27)28-22-19-17-21(18-20-22)24-13-7-9-15-26(24)29-23-11-5-4-6-12-23/h4-20,29H,1-3H3. The van der Waals surface area contributed by atoms with E-state index in [0.717, 1.165) is 11.5 Å². The lowest BCUT2D eigenvalue weighted by molar-refractivity contribution is 0.486. The third kappa shape index (κ3) is 4.90. The van der Waals surface area contributed by atoms with E-state index in [-0.39, 0.29) is 0 Å². The molecule has 0 radical (unpaired) electrons. The zero-order valence-electron chi connectivity index (χ0n) is 17.7. The van der Waals surface area contributed by atoms with E-state index in [0.29, 0.717) is 8.58 Å². The van der Waals surface area contributed by atoms with Gasteiger partial charge in [0.1, 0.15) is 11.5 Å². The molecule has 1 nitrogen and oxygen atoms in total. The van der Waals surface area contributed by atoms with Gasteiger partial charge in [0.25, 0.3) is 0 Å². The van der Waals surface area contributed by atoms with Gasteiger partial charge < -0.3 is 4.74 Å². The van der Waals surface area contributed by atoms with Gasteiger partial charge in [-0.3, -0.25) is 0 Å². The van der Waals surface area contributed by atoms with Gasteiger partial charge in [-0.15, -0.1) is 0 Å². The Kier molecular flexibility index (Phi) is 6.18. The third-order valence-electron chi connectivity index (χ3n) is 5.07. The molecule has 1 unspecified atom stereocenters. The maximum Gasteiger partial charge on any atom is 0.127 e. The Balaban J connectivity index is 1.59. The highest BCUT2D eigenvalue weighted by molar-refractivity contribution is 7.55. The molecule has 0 fully saturated rings. The Labute approximate surface area is 182 Å². The molecule has 0 aliphatic carbocycles. The minimum atomic E-state index is -1.46. The summed E-state index contributed by atoms with van der Waals surface area (Å²) >= 11 is 0. The monoisotopic (exact) mass is 426 g/mol. The number of rotatable bonds is 6. The van der Waals surface area contributed by atoms with Gasteiger partial charge in [0.05, 0.1) is 8.07 Å². The van der Waals surface area contributed by atoms with E-state index in [9.17, 15) is 0 Å². The summed E-state index contributed by atoms with van der Waals surface area (Å²) in [7, 11) is -0.823. The van der Waals surface area contributed by atoms with E-state index in [1.165, 1.54) is 26.9 Å². The molecule has 3 heteroatoms. The molecule has 150 valence electrons. The Hall–Kier alpha value is -2.67. The summed E-state index contributed by atoms with van der Waals surface area (Å²) in [5.74, 6) is 1.86. The number of benzene rings is 4. The van der Waals surface area contributed by atoms with Gasteiger partial charge in [-0.1, -0.05) is 113 Å². The van der Waals surface area contributed by atoms with E-state index in [2.05, 4.69) is 117 Å². The van der Waals surface area contributed by atoms with Gasteiger partial charge in [-0.05, 0) is 45.1 Å². The van der Waals surface area contributed by atoms with Gasteiger partial charge in [0.15, 0.2) is 0 Å². The van der Waals surface area contributed by atoms with Crippen LogP contribution in [0.4, 0.5) is 0 Å². The molecule has 4 rings (SSSR count). The first-order valence-corrected chi connectivity index (χ1v) is 14.8. The molecule has 0 saturated heterocycles. The van der Waals surface area contributed by atoms with E-state index < -0.39 is 8.07 Å². The van der Waals surface area contributed by atoms with Crippen LogP contribution in [0.3, 0.4) is 0 Å². The van der Waals surface area contributed by atoms with Crippen LogP contribution >= 0.6 is 8.58 Å². The zero-order valence-corrected chi connectivity index (χ0v) is 19.7. The molecule has 0 aliphatic rings. The number of para-hydroxylation sites is 1. The van der Waals surface area contributed by atoms with Crippen molar-refractivity contribution in [3.63, 3.8) is 0 Å². The quantitative estimate of drug-likeness (QED) is 0.259. The van der Waals surface area contributed by atoms with Gasteiger partial charge in [0.2, 0.25) is 0 Å². The van der Waals surface area contributed by atoms with Crippen LogP contribution in [0, 0.1) is 0 Å². The van der Waals surface area contributed by atoms with Crippen molar-refractivity contribution in [2.24, 2.45) is 0 Å². The first-order valence-electron chi connectivity index (χ1n) is 10.3. The second kappa shape index (κ2) is 9.00.